The van der Waals surface area contributed by atoms with Crippen molar-refractivity contribution in [2.24, 2.45) is 4.99 Å². The van der Waals surface area contributed by atoms with Crippen LogP contribution in [0.3, 0.4) is 0 Å². The summed E-state index contributed by atoms with van der Waals surface area (Å²) in [5.74, 6) is 1.30. The van der Waals surface area contributed by atoms with Crippen molar-refractivity contribution in [3.05, 3.63) is 59.3 Å². The van der Waals surface area contributed by atoms with Crippen LogP contribution in [0, 0.1) is 0 Å². The maximum absolute atomic E-state index is 11.9. The SMILES string of the molecule is CCOc1ncccc1CNC(=NC)NCc1ccc(C(=O)N(C)C)cc1.I. The molecule has 0 aliphatic carbocycles. The van der Waals surface area contributed by atoms with Gasteiger partial charge in [0.15, 0.2) is 5.96 Å². The summed E-state index contributed by atoms with van der Waals surface area (Å²) in [5.41, 5.74) is 2.70. The summed E-state index contributed by atoms with van der Waals surface area (Å²) >= 11 is 0. The molecule has 0 bridgehead atoms. The maximum Gasteiger partial charge on any atom is 0.253 e. The number of pyridine rings is 1. The molecule has 0 saturated heterocycles. The highest BCUT2D eigenvalue weighted by Crippen LogP contribution is 2.13. The smallest absolute Gasteiger partial charge is 0.253 e. The van der Waals surface area contributed by atoms with Crippen molar-refractivity contribution in [3.8, 4) is 5.88 Å². The van der Waals surface area contributed by atoms with E-state index in [-0.39, 0.29) is 29.9 Å². The van der Waals surface area contributed by atoms with Crippen LogP contribution >= 0.6 is 24.0 Å². The van der Waals surface area contributed by atoms with Gasteiger partial charge in [0.2, 0.25) is 5.88 Å². The van der Waals surface area contributed by atoms with Crippen molar-refractivity contribution < 1.29 is 9.53 Å². The van der Waals surface area contributed by atoms with E-state index in [4.69, 9.17) is 4.74 Å². The standard InChI is InChI=1S/C20H27N5O2.HI/c1-5-27-18-17(7-6-12-22-18)14-24-20(21-2)23-13-15-8-10-16(11-9-15)19(26)25(3)4;/h6-12H,5,13-14H2,1-4H3,(H2,21,23,24);1H. The van der Waals surface area contributed by atoms with Gasteiger partial charge in [-0.1, -0.05) is 18.2 Å². The molecule has 0 radical (unpaired) electrons. The highest BCUT2D eigenvalue weighted by atomic mass is 127. The third-order valence-electron chi connectivity index (χ3n) is 3.87. The number of benzene rings is 1. The Morgan fingerprint density at radius 2 is 1.82 bits per heavy atom. The Labute approximate surface area is 183 Å². The topological polar surface area (TPSA) is 78.8 Å². The van der Waals surface area contributed by atoms with Gasteiger partial charge in [0.1, 0.15) is 0 Å². The van der Waals surface area contributed by atoms with E-state index in [2.05, 4.69) is 20.6 Å². The normalized spacial score (nSPS) is 10.6. The molecule has 0 unspecified atom stereocenters. The number of guanidine groups is 1. The van der Waals surface area contributed by atoms with E-state index >= 15 is 0 Å². The molecule has 152 valence electrons. The van der Waals surface area contributed by atoms with Gasteiger partial charge in [0, 0.05) is 51.6 Å². The minimum absolute atomic E-state index is 0. The molecule has 0 saturated carbocycles. The van der Waals surface area contributed by atoms with Crippen molar-refractivity contribution in [1.82, 2.24) is 20.5 Å². The number of halogens is 1. The van der Waals surface area contributed by atoms with Crippen LogP contribution in [0.15, 0.2) is 47.6 Å². The number of carbonyl (C=O) groups is 1. The highest BCUT2D eigenvalue weighted by molar-refractivity contribution is 14.0. The second kappa shape index (κ2) is 12.2. The fourth-order valence-electron chi connectivity index (χ4n) is 2.43. The lowest BCUT2D eigenvalue weighted by atomic mass is 10.1. The molecule has 7 nitrogen and oxygen atoms in total. The summed E-state index contributed by atoms with van der Waals surface area (Å²) in [6.45, 7) is 3.66. The summed E-state index contributed by atoms with van der Waals surface area (Å²) in [6.07, 6.45) is 1.71. The maximum atomic E-state index is 11.9. The number of amides is 1. The number of carbonyl (C=O) groups excluding carboxylic acids is 1. The molecule has 1 aromatic carbocycles. The lowest BCUT2D eigenvalue weighted by Gasteiger charge is -2.14. The molecule has 0 spiro atoms. The molecule has 28 heavy (non-hydrogen) atoms. The fraction of sp³-hybridized carbons (Fsp3) is 0.350. The molecule has 0 atom stereocenters. The first-order valence-corrected chi connectivity index (χ1v) is 8.87. The largest absolute Gasteiger partial charge is 0.478 e. The number of aliphatic imine (C=N–C) groups is 1. The van der Waals surface area contributed by atoms with Crippen molar-refractivity contribution in [2.75, 3.05) is 27.7 Å². The van der Waals surface area contributed by atoms with Crippen molar-refractivity contribution >= 4 is 35.8 Å². The minimum atomic E-state index is -0.00596. The predicted octanol–water partition coefficient (Wildman–Crippen LogP) is 2.67. The van der Waals surface area contributed by atoms with E-state index in [0.29, 0.717) is 37.1 Å². The molecule has 1 amide bonds. The summed E-state index contributed by atoms with van der Waals surface area (Å²) in [7, 11) is 5.21. The summed E-state index contributed by atoms with van der Waals surface area (Å²) in [4.78, 5) is 22.0. The number of nitrogens with zero attached hydrogens (tertiary/aromatic N) is 3. The van der Waals surface area contributed by atoms with E-state index in [1.54, 1.807) is 32.2 Å². The van der Waals surface area contributed by atoms with Crippen molar-refractivity contribution in [2.45, 2.75) is 20.0 Å². The number of aromatic nitrogens is 1. The van der Waals surface area contributed by atoms with Crippen LogP contribution < -0.4 is 15.4 Å². The molecule has 8 heteroatoms. The zero-order valence-corrected chi connectivity index (χ0v) is 19.1. The van der Waals surface area contributed by atoms with Crippen LogP contribution in [0.2, 0.25) is 0 Å². The first kappa shape index (κ1) is 23.7. The highest BCUT2D eigenvalue weighted by Gasteiger charge is 2.08. The molecule has 0 fully saturated rings. The quantitative estimate of drug-likeness (QED) is 0.350. The van der Waals surface area contributed by atoms with Gasteiger partial charge in [-0.25, -0.2) is 4.98 Å². The Morgan fingerprint density at radius 3 is 2.43 bits per heavy atom. The second-order valence-corrected chi connectivity index (χ2v) is 6.08. The number of hydrogen-bond acceptors (Lipinski definition) is 4. The third kappa shape index (κ3) is 6.99. The van der Waals surface area contributed by atoms with Gasteiger partial charge in [-0.15, -0.1) is 24.0 Å². The van der Waals surface area contributed by atoms with Gasteiger partial charge in [0.05, 0.1) is 6.61 Å². The van der Waals surface area contributed by atoms with Gasteiger partial charge in [-0.05, 0) is 30.7 Å². The zero-order chi connectivity index (χ0) is 19.6. The molecule has 0 aliphatic rings. The van der Waals surface area contributed by atoms with Gasteiger partial charge in [-0.2, -0.15) is 0 Å². The van der Waals surface area contributed by atoms with Crippen LogP contribution in [-0.4, -0.2) is 49.5 Å². The van der Waals surface area contributed by atoms with Crippen LogP contribution in [0.5, 0.6) is 5.88 Å². The first-order chi connectivity index (χ1) is 13.0. The monoisotopic (exact) mass is 497 g/mol. The number of ether oxygens (including phenoxy) is 1. The average molecular weight is 497 g/mol. The molecule has 1 heterocycles. The second-order valence-electron chi connectivity index (χ2n) is 6.08. The number of hydrogen-bond donors (Lipinski definition) is 2. The molecule has 2 N–H and O–H groups in total. The molecule has 2 rings (SSSR count). The zero-order valence-electron chi connectivity index (χ0n) is 16.7. The summed E-state index contributed by atoms with van der Waals surface area (Å²) < 4.78 is 5.54. The van der Waals surface area contributed by atoms with Crippen LogP contribution in [0.1, 0.15) is 28.4 Å². The molecular weight excluding hydrogens is 469 g/mol. The van der Waals surface area contributed by atoms with Crippen LogP contribution in [-0.2, 0) is 13.1 Å². The predicted molar refractivity (Wildman–Crippen MR) is 122 cm³/mol. The summed E-state index contributed by atoms with van der Waals surface area (Å²) in [6, 6.07) is 11.4. The van der Waals surface area contributed by atoms with E-state index in [1.807, 2.05) is 43.3 Å². The lowest BCUT2D eigenvalue weighted by Crippen LogP contribution is -2.36. The Hall–Kier alpha value is -2.36. The van der Waals surface area contributed by atoms with Gasteiger partial charge >= 0.3 is 0 Å². The van der Waals surface area contributed by atoms with Crippen molar-refractivity contribution in [1.29, 1.82) is 0 Å². The van der Waals surface area contributed by atoms with E-state index in [0.717, 1.165) is 11.1 Å². The van der Waals surface area contributed by atoms with Crippen LogP contribution in [0.4, 0.5) is 0 Å². The third-order valence-corrected chi connectivity index (χ3v) is 3.87. The van der Waals surface area contributed by atoms with Gasteiger partial charge in [0.25, 0.3) is 5.91 Å². The Kier molecular flexibility index (Phi) is 10.3. The van der Waals surface area contributed by atoms with E-state index in [9.17, 15) is 4.79 Å². The van der Waals surface area contributed by atoms with E-state index in [1.165, 1.54) is 0 Å². The number of rotatable bonds is 7. The minimum Gasteiger partial charge on any atom is -0.478 e. The molecule has 1 aromatic heterocycles. The van der Waals surface area contributed by atoms with Gasteiger partial charge in [-0.3, -0.25) is 9.79 Å². The Morgan fingerprint density at radius 1 is 1.14 bits per heavy atom. The molecule has 2 aromatic rings. The van der Waals surface area contributed by atoms with E-state index < -0.39 is 0 Å². The van der Waals surface area contributed by atoms with Crippen LogP contribution in [0.25, 0.3) is 0 Å². The van der Waals surface area contributed by atoms with Crippen molar-refractivity contribution in [3.63, 3.8) is 0 Å². The summed E-state index contributed by atoms with van der Waals surface area (Å²) in [5, 5.41) is 6.52. The van der Waals surface area contributed by atoms with Gasteiger partial charge < -0.3 is 20.3 Å². The Bertz CT molecular complexity index is 778. The molecular formula is C20H28IN5O2. The lowest BCUT2D eigenvalue weighted by molar-refractivity contribution is 0.0827. The first-order valence-electron chi connectivity index (χ1n) is 8.87. The fourth-order valence-corrected chi connectivity index (χ4v) is 2.43. The average Bonchev–Trinajstić information content (AvgIpc) is 2.69. The number of nitrogens with one attached hydrogen (secondary N) is 2. The Balaban J connectivity index is 0.00000392. The molecule has 0 aliphatic heterocycles.